The Morgan fingerprint density at radius 1 is 0.964 bits per heavy atom. The van der Waals surface area contributed by atoms with Crippen LogP contribution in [0.1, 0.15) is 39.0 Å². The number of hydrogen-bond donors (Lipinski definition) is 2. The lowest BCUT2D eigenvalue weighted by molar-refractivity contribution is 0.0948. The minimum Gasteiger partial charge on any atom is -0.491 e. The highest BCUT2D eigenvalue weighted by Crippen LogP contribution is 2.15. The molecule has 7 nitrogen and oxygen atoms in total. The van der Waals surface area contributed by atoms with Crippen LogP contribution in [0.15, 0.2) is 54.6 Å². The van der Waals surface area contributed by atoms with Crippen molar-refractivity contribution in [2.75, 3.05) is 5.32 Å². The maximum Gasteiger partial charge on any atom is 0.286 e. The highest BCUT2D eigenvalue weighted by Gasteiger charge is 2.17. The molecular formula is C20H20N4O3S. The molecule has 2 amide bonds. The number of nitrogens with one attached hydrogen (secondary N) is 2. The molecule has 0 radical (unpaired) electrons. The van der Waals surface area contributed by atoms with Gasteiger partial charge in [0.2, 0.25) is 10.0 Å². The van der Waals surface area contributed by atoms with Crippen molar-refractivity contribution in [2.45, 2.75) is 26.5 Å². The van der Waals surface area contributed by atoms with Crippen molar-refractivity contribution in [1.82, 2.24) is 15.5 Å². The van der Waals surface area contributed by atoms with Gasteiger partial charge in [-0.15, -0.1) is 10.2 Å². The van der Waals surface area contributed by atoms with Gasteiger partial charge in [0.15, 0.2) is 0 Å². The second-order valence-electron chi connectivity index (χ2n) is 6.23. The predicted octanol–water partition coefficient (Wildman–Crippen LogP) is 3.51. The lowest BCUT2D eigenvalue weighted by Crippen LogP contribution is -2.22. The third-order valence-electron chi connectivity index (χ3n) is 3.59. The number of anilines is 1. The molecule has 28 heavy (non-hydrogen) atoms. The summed E-state index contributed by atoms with van der Waals surface area (Å²) in [6.45, 7) is 4.26. The van der Waals surface area contributed by atoms with Gasteiger partial charge in [-0.25, -0.2) is 0 Å². The number of carbonyl (C=O) groups is 2. The highest BCUT2D eigenvalue weighted by atomic mass is 32.1. The van der Waals surface area contributed by atoms with E-state index in [4.69, 9.17) is 4.74 Å². The molecule has 0 aliphatic heterocycles. The van der Waals surface area contributed by atoms with Crippen LogP contribution >= 0.6 is 11.3 Å². The summed E-state index contributed by atoms with van der Waals surface area (Å²) >= 11 is 0.946. The Labute approximate surface area is 166 Å². The molecule has 2 N–H and O–H groups in total. The first-order valence-electron chi connectivity index (χ1n) is 8.75. The van der Waals surface area contributed by atoms with Crippen molar-refractivity contribution in [3.63, 3.8) is 0 Å². The Kier molecular flexibility index (Phi) is 6.33. The fourth-order valence-electron chi connectivity index (χ4n) is 2.33. The Morgan fingerprint density at radius 2 is 1.61 bits per heavy atom. The fraction of sp³-hybridized carbons (Fsp3) is 0.200. The first kappa shape index (κ1) is 19.5. The summed E-state index contributed by atoms with van der Waals surface area (Å²) in [4.78, 5) is 24.5. The van der Waals surface area contributed by atoms with Gasteiger partial charge in [-0.2, -0.15) is 0 Å². The zero-order valence-electron chi connectivity index (χ0n) is 15.5. The molecule has 0 saturated carbocycles. The highest BCUT2D eigenvalue weighted by molar-refractivity contribution is 7.15. The summed E-state index contributed by atoms with van der Waals surface area (Å²) in [6, 6.07) is 16.5. The molecule has 0 aliphatic rings. The molecule has 0 spiro atoms. The Morgan fingerprint density at radius 3 is 2.25 bits per heavy atom. The van der Waals surface area contributed by atoms with E-state index in [1.54, 1.807) is 12.1 Å². The smallest absolute Gasteiger partial charge is 0.286 e. The Balaban J connectivity index is 1.54. The number of rotatable bonds is 7. The van der Waals surface area contributed by atoms with E-state index >= 15 is 0 Å². The number of nitrogens with zero attached hydrogens (tertiary/aromatic N) is 2. The van der Waals surface area contributed by atoms with Crippen LogP contribution in [-0.2, 0) is 6.54 Å². The first-order valence-corrected chi connectivity index (χ1v) is 9.56. The molecule has 0 bridgehead atoms. The minimum atomic E-state index is -0.400. The molecule has 0 aliphatic carbocycles. The van der Waals surface area contributed by atoms with Crippen molar-refractivity contribution in [3.05, 3.63) is 70.2 Å². The maximum atomic E-state index is 12.3. The van der Waals surface area contributed by atoms with Crippen LogP contribution < -0.4 is 15.4 Å². The molecule has 0 atom stereocenters. The minimum absolute atomic E-state index is 0.108. The largest absolute Gasteiger partial charge is 0.491 e. The van der Waals surface area contributed by atoms with Crippen molar-refractivity contribution in [1.29, 1.82) is 0 Å². The zero-order valence-corrected chi connectivity index (χ0v) is 16.3. The molecule has 0 saturated heterocycles. The van der Waals surface area contributed by atoms with Crippen LogP contribution in [-0.4, -0.2) is 28.1 Å². The van der Waals surface area contributed by atoms with E-state index in [2.05, 4.69) is 20.8 Å². The van der Waals surface area contributed by atoms with Crippen LogP contribution in [0.2, 0.25) is 0 Å². The topological polar surface area (TPSA) is 93.2 Å². The average molecular weight is 396 g/mol. The second-order valence-corrected chi connectivity index (χ2v) is 7.20. The summed E-state index contributed by atoms with van der Waals surface area (Å²) in [5, 5.41) is 13.4. The van der Waals surface area contributed by atoms with Gasteiger partial charge in [-0.3, -0.25) is 9.59 Å². The average Bonchev–Trinajstić information content (AvgIpc) is 3.18. The molecule has 3 aromatic rings. The molecule has 8 heteroatoms. The van der Waals surface area contributed by atoms with E-state index in [9.17, 15) is 9.59 Å². The third-order valence-corrected chi connectivity index (χ3v) is 4.51. The fourth-order valence-corrected chi connectivity index (χ4v) is 2.98. The van der Waals surface area contributed by atoms with Gasteiger partial charge in [-0.05, 0) is 43.7 Å². The lowest BCUT2D eigenvalue weighted by Gasteiger charge is -2.10. The number of hydrogen-bond acceptors (Lipinski definition) is 6. The molecule has 2 aromatic carbocycles. The lowest BCUT2D eigenvalue weighted by atomic mass is 10.2. The van der Waals surface area contributed by atoms with Crippen molar-refractivity contribution in [3.8, 4) is 5.75 Å². The first-order chi connectivity index (χ1) is 13.5. The number of amides is 2. The summed E-state index contributed by atoms with van der Waals surface area (Å²) in [6.07, 6.45) is 0.108. The molecule has 3 rings (SSSR count). The molecular weight excluding hydrogens is 376 g/mol. The van der Waals surface area contributed by atoms with E-state index < -0.39 is 5.91 Å². The summed E-state index contributed by atoms with van der Waals surface area (Å²) in [5.41, 5.74) is 1.58. The van der Waals surface area contributed by atoms with E-state index in [0.29, 0.717) is 12.2 Å². The third kappa shape index (κ3) is 5.37. The molecule has 0 fully saturated rings. The van der Waals surface area contributed by atoms with Crippen molar-refractivity contribution >= 4 is 28.8 Å². The van der Waals surface area contributed by atoms with E-state index in [0.717, 1.165) is 22.6 Å². The number of benzene rings is 2. The summed E-state index contributed by atoms with van der Waals surface area (Å²) in [7, 11) is 0. The van der Waals surface area contributed by atoms with Gasteiger partial charge >= 0.3 is 0 Å². The summed E-state index contributed by atoms with van der Waals surface area (Å²) in [5.74, 6) is 0.00512. The van der Waals surface area contributed by atoms with Gasteiger partial charge in [-0.1, -0.05) is 41.7 Å². The number of aromatic nitrogens is 2. The number of para-hydroxylation sites is 1. The monoisotopic (exact) mass is 396 g/mol. The van der Waals surface area contributed by atoms with E-state index in [1.807, 2.05) is 56.3 Å². The normalized spacial score (nSPS) is 10.5. The SMILES string of the molecule is CC(C)Oc1ccc(CNC(=O)c2nnc(C(=O)Nc3ccccc3)s2)cc1. The van der Waals surface area contributed by atoms with Crippen LogP contribution in [0.25, 0.3) is 0 Å². The molecule has 0 unspecified atom stereocenters. The van der Waals surface area contributed by atoms with Crippen LogP contribution in [0.3, 0.4) is 0 Å². The Bertz CT molecular complexity index is 940. The summed E-state index contributed by atoms with van der Waals surface area (Å²) < 4.78 is 5.59. The maximum absolute atomic E-state index is 12.3. The van der Waals surface area contributed by atoms with Gasteiger partial charge in [0.1, 0.15) is 5.75 Å². The van der Waals surface area contributed by atoms with Gasteiger partial charge < -0.3 is 15.4 Å². The molecule has 1 heterocycles. The predicted molar refractivity (Wildman–Crippen MR) is 108 cm³/mol. The standard InChI is InChI=1S/C20H20N4O3S/c1-13(2)27-16-10-8-14(9-11-16)12-21-17(25)19-23-24-20(28-19)18(26)22-15-6-4-3-5-7-15/h3-11,13H,12H2,1-2H3,(H,21,25)(H,22,26). The van der Waals surface area contributed by atoms with Gasteiger partial charge in [0.05, 0.1) is 6.10 Å². The second kappa shape index (κ2) is 9.09. The van der Waals surface area contributed by atoms with Gasteiger partial charge in [0, 0.05) is 12.2 Å². The van der Waals surface area contributed by atoms with E-state index in [-0.39, 0.29) is 22.0 Å². The van der Waals surface area contributed by atoms with Crippen molar-refractivity contribution in [2.24, 2.45) is 0 Å². The quantitative estimate of drug-likeness (QED) is 0.637. The van der Waals surface area contributed by atoms with Crippen LogP contribution in [0.4, 0.5) is 5.69 Å². The number of ether oxygens (including phenoxy) is 1. The Hall–Kier alpha value is -3.26. The molecule has 144 valence electrons. The zero-order chi connectivity index (χ0) is 19.9. The number of carbonyl (C=O) groups excluding carboxylic acids is 2. The van der Waals surface area contributed by atoms with Crippen molar-refractivity contribution < 1.29 is 14.3 Å². The van der Waals surface area contributed by atoms with E-state index in [1.165, 1.54) is 0 Å². The van der Waals surface area contributed by atoms with Crippen LogP contribution in [0, 0.1) is 0 Å². The van der Waals surface area contributed by atoms with Crippen LogP contribution in [0.5, 0.6) is 5.75 Å². The van der Waals surface area contributed by atoms with Gasteiger partial charge in [0.25, 0.3) is 11.8 Å². The molecule has 1 aromatic heterocycles.